The highest BCUT2D eigenvalue weighted by Gasteiger charge is 2.22. The minimum atomic E-state index is 0.747. The van der Waals surface area contributed by atoms with Gasteiger partial charge in [0.2, 0.25) is 0 Å². The number of H-pyrrole nitrogens is 1. The fourth-order valence-corrected chi connectivity index (χ4v) is 3.63. The molecule has 2 unspecified atom stereocenters. The number of aromatic nitrogens is 2. The zero-order valence-corrected chi connectivity index (χ0v) is 13.0. The molecule has 0 bridgehead atoms. The summed E-state index contributed by atoms with van der Waals surface area (Å²) in [6, 6.07) is 6.13. The summed E-state index contributed by atoms with van der Waals surface area (Å²) in [5.41, 5.74) is 2.26. The van der Waals surface area contributed by atoms with Gasteiger partial charge in [-0.2, -0.15) is 0 Å². The van der Waals surface area contributed by atoms with Crippen LogP contribution in [0.25, 0.3) is 11.0 Å². The topological polar surface area (TPSA) is 29.9 Å². The Morgan fingerprint density at radius 2 is 2.15 bits per heavy atom. The summed E-state index contributed by atoms with van der Waals surface area (Å²) < 4.78 is 8.36. The predicted molar refractivity (Wildman–Crippen MR) is 84.8 cm³/mol. The van der Waals surface area contributed by atoms with Gasteiger partial charge in [0.05, 0.1) is 18.1 Å². The van der Waals surface area contributed by atoms with Crippen molar-refractivity contribution < 1.29 is 4.74 Å². The number of rotatable bonds is 3. The summed E-state index contributed by atoms with van der Waals surface area (Å²) in [6.45, 7) is 3.41. The lowest BCUT2D eigenvalue weighted by Gasteiger charge is -2.29. The Morgan fingerprint density at radius 3 is 2.90 bits per heavy atom. The monoisotopic (exact) mass is 290 g/mol. The first-order chi connectivity index (χ1) is 9.69. The van der Waals surface area contributed by atoms with Crippen LogP contribution in [0.2, 0.25) is 0 Å². The van der Waals surface area contributed by atoms with Gasteiger partial charge in [0.25, 0.3) is 0 Å². The number of imidazole rings is 1. The van der Waals surface area contributed by atoms with Gasteiger partial charge in [0, 0.05) is 12.6 Å². The van der Waals surface area contributed by atoms with E-state index in [1.54, 1.807) is 7.11 Å². The maximum absolute atomic E-state index is 5.51. The van der Waals surface area contributed by atoms with Crippen molar-refractivity contribution in [3.63, 3.8) is 0 Å². The molecule has 2 atom stereocenters. The van der Waals surface area contributed by atoms with Crippen molar-refractivity contribution in [2.45, 2.75) is 39.2 Å². The van der Waals surface area contributed by atoms with Crippen molar-refractivity contribution >= 4 is 23.3 Å². The van der Waals surface area contributed by atoms with Gasteiger partial charge in [-0.05, 0) is 42.6 Å². The molecule has 108 valence electrons. The third-order valence-electron chi connectivity index (χ3n) is 4.69. The van der Waals surface area contributed by atoms with Crippen LogP contribution >= 0.6 is 12.2 Å². The van der Waals surface area contributed by atoms with Crippen LogP contribution in [0.4, 0.5) is 0 Å². The largest absolute Gasteiger partial charge is 0.497 e. The van der Waals surface area contributed by atoms with Gasteiger partial charge in [0.15, 0.2) is 4.77 Å². The zero-order chi connectivity index (χ0) is 14.1. The van der Waals surface area contributed by atoms with Crippen LogP contribution in [0.3, 0.4) is 0 Å². The lowest BCUT2D eigenvalue weighted by atomic mass is 9.80. The summed E-state index contributed by atoms with van der Waals surface area (Å²) in [5.74, 6) is 2.41. The van der Waals surface area contributed by atoms with Crippen LogP contribution in [0.1, 0.15) is 32.6 Å². The minimum Gasteiger partial charge on any atom is -0.497 e. The molecule has 0 amide bonds. The third-order valence-corrected chi connectivity index (χ3v) is 5.01. The smallest absolute Gasteiger partial charge is 0.178 e. The van der Waals surface area contributed by atoms with E-state index in [0.717, 1.165) is 34.4 Å². The molecule has 4 heteroatoms. The van der Waals surface area contributed by atoms with Crippen LogP contribution in [-0.4, -0.2) is 16.7 Å². The first-order valence-electron chi connectivity index (χ1n) is 7.45. The van der Waals surface area contributed by atoms with Gasteiger partial charge in [-0.1, -0.05) is 26.2 Å². The van der Waals surface area contributed by atoms with E-state index in [9.17, 15) is 0 Å². The van der Waals surface area contributed by atoms with E-state index < -0.39 is 0 Å². The summed E-state index contributed by atoms with van der Waals surface area (Å²) in [6.07, 6.45) is 5.42. The predicted octanol–water partition coefficient (Wildman–Crippen LogP) is 4.53. The van der Waals surface area contributed by atoms with Crippen LogP contribution in [-0.2, 0) is 6.54 Å². The molecule has 1 saturated carbocycles. The molecule has 1 aliphatic carbocycles. The van der Waals surface area contributed by atoms with Gasteiger partial charge in [-0.25, -0.2) is 0 Å². The maximum Gasteiger partial charge on any atom is 0.178 e. The minimum absolute atomic E-state index is 0.747. The fourth-order valence-electron chi connectivity index (χ4n) is 3.35. The second kappa shape index (κ2) is 5.60. The van der Waals surface area contributed by atoms with E-state index in [0.29, 0.717) is 0 Å². The van der Waals surface area contributed by atoms with Gasteiger partial charge in [-0.15, -0.1) is 0 Å². The Balaban J connectivity index is 1.94. The molecule has 1 aliphatic rings. The van der Waals surface area contributed by atoms with E-state index >= 15 is 0 Å². The van der Waals surface area contributed by atoms with E-state index in [-0.39, 0.29) is 0 Å². The molecule has 0 spiro atoms. The van der Waals surface area contributed by atoms with Crippen molar-refractivity contribution in [1.29, 1.82) is 0 Å². The van der Waals surface area contributed by atoms with Crippen molar-refractivity contribution in [2.24, 2.45) is 11.8 Å². The SMILES string of the molecule is COc1ccc2c(c1)[nH]c(=S)n2CC1CCCCC1C. The van der Waals surface area contributed by atoms with Crippen molar-refractivity contribution in [3.8, 4) is 5.75 Å². The highest BCUT2D eigenvalue weighted by Crippen LogP contribution is 2.32. The molecule has 1 aromatic carbocycles. The van der Waals surface area contributed by atoms with Crippen LogP contribution < -0.4 is 4.74 Å². The Morgan fingerprint density at radius 1 is 1.35 bits per heavy atom. The lowest BCUT2D eigenvalue weighted by molar-refractivity contribution is 0.230. The number of hydrogen-bond donors (Lipinski definition) is 1. The Kier molecular flexibility index (Phi) is 3.83. The number of methoxy groups -OCH3 is 1. The molecule has 3 rings (SSSR count). The maximum atomic E-state index is 5.51. The third kappa shape index (κ3) is 2.49. The summed E-state index contributed by atoms with van der Waals surface area (Å²) in [4.78, 5) is 3.30. The molecule has 2 aromatic rings. The van der Waals surface area contributed by atoms with Crippen LogP contribution in [0.5, 0.6) is 5.75 Å². The molecule has 1 heterocycles. The molecular formula is C16H22N2OS. The second-order valence-electron chi connectivity index (χ2n) is 5.95. The fraction of sp³-hybridized carbons (Fsp3) is 0.562. The normalized spacial score (nSPS) is 23.1. The molecule has 0 saturated heterocycles. The Hall–Kier alpha value is -1.29. The highest BCUT2D eigenvalue weighted by molar-refractivity contribution is 7.71. The molecular weight excluding hydrogens is 268 g/mol. The van der Waals surface area contributed by atoms with E-state index in [1.807, 2.05) is 12.1 Å². The first-order valence-corrected chi connectivity index (χ1v) is 7.86. The van der Waals surface area contributed by atoms with Crippen molar-refractivity contribution in [1.82, 2.24) is 9.55 Å². The Bertz CT molecular complexity index is 658. The molecule has 1 fully saturated rings. The summed E-state index contributed by atoms with van der Waals surface area (Å²) in [7, 11) is 1.69. The molecule has 20 heavy (non-hydrogen) atoms. The van der Waals surface area contributed by atoms with E-state index in [2.05, 4.69) is 22.5 Å². The van der Waals surface area contributed by atoms with Crippen LogP contribution in [0, 0.1) is 16.6 Å². The van der Waals surface area contributed by atoms with Crippen LogP contribution in [0.15, 0.2) is 18.2 Å². The molecule has 1 aromatic heterocycles. The highest BCUT2D eigenvalue weighted by atomic mass is 32.1. The van der Waals surface area contributed by atoms with E-state index in [1.165, 1.54) is 31.2 Å². The average Bonchev–Trinajstić information content (AvgIpc) is 2.76. The quantitative estimate of drug-likeness (QED) is 0.841. The van der Waals surface area contributed by atoms with Crippen molar-refractivity contribution in [2.75, 3.05) is 7.11 Å². The molecule has 3 nitrogen and oxygen atoms in total. The van der Waals surface area contributed by atoms with Gasteiger partial charge >= 0.3 is 0 Å². The van der Waals surface area contributed by atoms with E-state index in [4.69, 9.17) is 17.0 Å². The molecule has 0 radical (unpaired) electrons. The van der Waals surface area contributed by atoms with Crippen molar-refractivity contribution in [3.05, 3.63) is 23.0 Å². The lowest BCUT2D eigenvalue weighted by Crippen LogP contribution is -2.22. The van der Waals surface area contributed by atoms with Gasteiger partial charge < -0.3 is 14.3 Å². The standard InChI is InChI=1S/C16H22N2OS/c1-11-5-3-4-6-12(11)10-18-15-8-7-13(19-2)9-14(15)17-16(18)20/h7-9,11-12H,3-6,10H2,1-2H3,(H,17,20). The number of nitrogens with one attached hydrogen (secondary N) is 1. The number of hydrogen-bond acceptors (Lipinski definition) is 2. The number of nitrogens with zero attached hydrogens (tertiary/aromatic N) is 1. The first kappa shape index (κ1) is 13.7. The molecule has 0 aliphatic heterocycles. The number of benzene rings is 1. The zero-order valence-electron chi connectivity index (χ0n) is 12.2. The number of ether oxygens (including phenoxy) is 1. The average molecular weight is 290 g/mol. The number of aromatic amines is 1. The Labute approximate surface area is 125 Å². The summed E-state index contributed by atoms with van der Waals surface area (Å²) >= 11 is 5.51. The summed E-state index contributed by atoms with van der Waals surface area (Å²) in [5, 5.41) is 0. The van der Waals surface area contributed by atoms with Gasteiger partial charge in [0.1, 0.15) is 5.75 Å². The van der Waals surface area contributed by atoms with Gasteiger partial charge in [-0.3, -0.25) is 0 Å². The number of fused-ring (bicyclic) bond motifs is 1. The molecule has 1 N–H and O–H groups in total. The second-order valence-corrected chi connectivity index (χ2v) is 6.33.